The van der Waals surface area contributed by atoms with Crippen LogP contribution in [0.3, 0.4) is 0 Å². The van der Waals surface area contributed by atoms with Crippen LogP contribution in [0.2, 0.25) is 0 Å². The number of carbonyl (C=O) groups is 3. The summed E-state index contributed by atoms with van der Waals surface area (Å²) < 4.78 is 5.24. The Morgan fingerprint density at radius 2 is 1.81 bits per heavy atom. The molecule has 2 fully saturated rings. The van der Waals surface area contributed by atoms with Gasteiger partial charge in [-0.05, 0) is 24.5 Å². The van der Waals surface area contributed by atoms with Gasteiger partial charge in [0.15, 0.2) is 0 Å². The zero-order valence-electron chi connectivity index (χ0n) is 17.8. The molecule has 1 aromatic carbocycles. The van der Waals surface area contributed by atoms with E-state index in [1.165, 1.54) is 11.8 Å². The van der Waals surface area contributed by atoms with Crippen molar-refractivity contribution in [3.05, 3.63) is 59.9 Å². The minimum atomic E-state index is -0.947. The maximum absolute atomic E-state index is 13.6. The van der Waals surface area contributed by atoms with Crippen LogP contribution >= 0.6 is 0 Å². The second-order valence-electron chi connectivity index (χ2n) is 7.97. The van der Waals surface area contributed by atoms with Gasteiger partial charge in [-0.3, -0.25) is 19.5 Å². The lowest BCUT2D eigenvalue weighted by Crippen LogP contribution is -2.56. The van der Waals surface area contributed by atoms with E-state index >= 15 is 0 Å². The van der Waals surface area contributed by atoms with E-state index in [4.69, 9.17) is 4.74 Å². The molecule has 4 amide bonds. The molecule has 2 aliphatic heterocycles. The van der Waals surface area contributed by atoms with Crippen LogP contribution in [-0.2, 0) is 22.7 Å². The summed E-state index contributed by atoms with van der Waals surface area (Å²) >= 11 is 0. The molecule has 0 saturated carbocycles. The highest BCUT2D eigenvalue weighted by molar-refractivity contribution is 6.07. The van der Waals surface area contributed by atoms with Gasteiger partial charge in [0.25, 0.3) is 5.91 Å². The van der Waals surface area contributed by atoms with Crippen LogP contribution < -0.4 is 4.74 Å². The molecular formula is C23H26N4O4. The summed E-state index contributed by atoms with van der Waals surface area (Å²) in [7, 11) is 1.56. The van der Waals surface area contributed by atoms with E-state index in [0.29, 0.717) is 43.9 Å². The van der Waals surface area contributed by atoms with Crippen molar-refractivity contribution in [1.29, 1.82) is 0 Å². The van der Waals surface area contributed by atoms with Crippen molar-refractivity contribution in [2.24, 2.45) is 0 Å². The largest absolute Gasteiger partial charge is 0.497 e. The Labute approximate surface area is 181 Å². The zero-order valence-corrected chi connectivity index (χ0v) is 17.8. The molecule has 162 valence electrons. The highest BCUT2D eigenvalue weighted by Crippen LogP contribution is 2.39. The van der Waals surface area contributed by atoms with Crippen LogP contribution in [0.15, 0.2) is 48.7 Å². The van der Waals surface area contributed by atoms with E-state index in [0.717, 1.165) is 5.56 Å². The Bertz CT molecular complexity index is 986. The number of aromatic nitrogens is 1. The van der Waals surface area contributed by atoms with Gasteiger partial charge >= 0.3 is 6.03 Å². The van der Waals surface area contributed by atoms with Gasteiger partial charge in [-0.1, -0.05) is 30.3 Å². The van der Waals surface area contributed by atoms with E-state index in [1.54, 1.807) is 35.2 Å². The van der Waals surface area contributed by atoms with Gasteiger partial charge in [-0.15, -0.1) is 0 Å². The lowest BCUT2D eigenvalue weighted by Gasteiger charge is -2.42. The van der Waals surface area contributed by atoms with Crippen LogP contribution in [0.5, 0.6) is 5.75 Å². The number of benzene rings is 1. The minimum Gasteiger partial charge on any atom is -0.497 e. The molecule has 0 atom stereocenters. The average molecular weight is 422 g/mol. The zero-order chi connectivity index (χ0) is 22.0. The Hall–Kier alpha value is -3.42. The first-order valence-electron chi connectivity index (χ1n) is 10.4. The smallest absolute Gasteiger partial charge is 0.328 e. The first-order valence-corrected chi connectivity index (χ1v) is 10.4. The third-order valence-electron chi connectivity index (χ3n) is 6.19. The Kier molecular flexibility index (Phi) is 5.63. The van der Waals surface area contributed by atoms with Crippen molar-refractivity contribution in [2.45, 2.75) is 38.4 Å². The molecule has 0 unspecified atom stereocenters. The Morgan fingerprint density at radius 3 is 2.45 bits per heavy atom. The van der Waals surface area contributed by atoms with Crippen molar-refractivity contribution in [2.75, 3.05) is 20.2 Å². The lowest BCUT2D eigenvalue weighted by atomic mass is 9.85. The quantitative estimate of drug-likeness (QED) is 0.691. The Balaban J connectivity index is 1.64. The van der Waals surface area contributed by atoms with E-state index in [9.17, 15) is 14.4 Å². The van der Waals surface area contributed by atoms with Gasteiger partial charge in [-0.2, -0.15) is 0 Å². The second-order valence-corrected chi connectivity index (χ2v) is 7.97. The number of amides is 4. The third kappa shape index (κ3) is 3.85. The predicted molar refractivity (Wildman–Crippen MR) is 113 cm³/mol. The van der Waals surface area contributed by atoms with Gasteiger partial charge in [0.05, 0.1) is 19.3 Å². The molecule has 8 nitrogen and oxygen atoms in total. The first kappa shape index (κ1) is 20.8. The summed E-state index contributed by atoms with van der Waals surface area (Å²) in [6.07, 6.45) is 2.44. The fraction of sp³-hybridized carbons (Fsp3) is 0.391. The second kappa shape index (κ2) is 8.37. The molecule has 2 aromatic rings. The van der Waals surface area contributed by atoms with Crippen molar-refractivity contribution in [1.82, 2.24) is 19.7 Å². The van der Waals surface area contributed by atoms with Gasteiger partial charge in [0.1, 0.15) is 11.3 Å². The molecule has 2 aliphatic rings. The molecule has 8 heteroatoms. The number of nitrogens with zero attached hydrogens (tertiary/aromatic N) is 4. The number of carbonyl (C=O) groups excluding carboxylic acids is 3. The van der Waals surface area contributed by atoms with Crippen LogP contribution in [0, 0.1) is 0 Å². The van der Waals surface area contributed by atoms with E-state index < -0.39 is 5.54 Å². The number of likely N-dealkylation sites (tertiary alicyclic amines) is 1. The van der Waals surface area contributed by atoms with Crippen molar-refractivity contribution in [3.63, 3.8) is 0 Å². The first-order chi connectivity index (χ1) is 14.9. The van der Waals surface area contributed by atoms with E-state index in [-0.39, 0.29) is 24.4 Å². The fourth-order valence-corrected chi connectivity index (χ4v) is 4.41. The number of pyridine rings is 1. The molecule has 3 heterocycles. The number of rotatable bonds is 5. The number of hydrogen-bond donors (Lipinski definition) is 0. The van der Waals surface area contributed by atoms with Gasteiger partial charge in [-0.25, -0.2) is 4.79 Å². The maximum atomic E-state index is 13.6. The highest BCUT2D eigenvalue weighted by atomic mass is 16.5. The van der Waals surface area contributed by atoms with Crippen LogP contribution in [-0.4, -0.2) is 63.3 Å². The van der Waals surface area contributed by atoms with Gasteiger partial charge in [0, 0.05) is 38.8 Å². The third-order valence-corrected chi connectivity index (χ3v) is 6.19. The number of piperidine rings is 1. The molecule has 4 rings (SSSR count). The van der Waals surface area contributed by atoms with Gasteiger partial charge in [0.2, 0.25) is 5.91 Å². The molecule has 0 bridgehead atoms. The maximum Gasteiger partial charge on any atom is 0.328 e. The average Bonchev–Trinajstić information content (AvgIpc) is 2.97. The number of urea groups is 1. The highest BCUT2D eigenvalue weighted by Gasteiger charge is 2.58. The monoisotopic (exact) mass is 422 g/mol. The number of ether oxygens (including phenoxy) is 1. The van der Waals surface area contributed by atoms with Crippen molar-refractivity contribution >= 4 is 17.8 Å². The number of imide groups is 1. The summed E-state index contributed by atoms with van der Waals surface area (Å²) in [6, 6.07) is 12.8. The molecular weight excluding hydrogens is 396 g/mol. The SMILES string of the molecule is COc1ccnc(CN2C(=O)N(Cc3ccccc3)C3(CCN(C(C)=O)CC3)C2=O)c1. The van der Waals surface area contributed by atoms with Crippen LogP contribution in [0.1, 0.15) is 31.0 Å². The normalized spacial score (nSPS) is 18.1. The lowest BCUT2D eigenvalue weighted by molar-refractivity contribution is -0.140. The predicted octanol–water partition coefficient (Wildman–Crippen LogP) is 2.44. The molecule has 1 spiro atoms. The van der Waals surface area contributed by atoms with E-state index in [1.807, 2.05) is 30.3 Å². The summed E-state index contributed by atoms with van der Waals surface area (Å²) in [4.78, 5) is 47.9. The van der Waals surface area contributed by atoms with E-state index in [2.05, 4.69) is 4.98 Å². The summed E-state index contributed by atoms with van der Waals surface area (Å²) in [5.74, 6) is 0.384. The van der Waals surface area contributed by atoms with Crippen molar-refractivity contribution in [3.8, 4) is 5.75 Å². The summed E-state index contributed by atoms with van der Waals surface area (Å²) in [6.45, 7) is 2.85. The molecule has 1 aromatic heterocycles. The Morgan fingerprint density at radius 1 is 1.10 bits per heavy atom. The molecule has 31 heavy (non-hydrogen) atoms. The fourth-order valence-electron chi connectivity index (χ4n) is 4.41. The summed E-state index contributed by atoms with van der Waals surface area (Å²) in [5, 5.41) is 0. The van der Waals surface area contributed by atoms with Gasteiger partial charge < -0.3 is 14.5 Å². The minimum absolute atomic E-state index is 0.0151. The number of hydrogen-bond acceptors (Lipinski definition) is 5. The molecule has 0 aliphatic carbocycles. The van der Waals surface area contributed by atoms with Crippen LogP contribution in [0.25, 0.3) is 0 Å². The van der Waals surface area contributed by atoms with Crippen molar-refractivity contribution < 1.29 is 19.1 Å². The topological polar surface area (TPSA) is 83.1 Å². The standard InChI is InChI=1S/C23H26N4O4/c1-17(28)25-12-9-23(10-13-25)21(29)26(16-19-14-20(31-2)8-11-24-19)22(30)27(23)15-18-6-4-3-5-7-18/h3-8,11,14H,9-10,12-13,15-16H2,1-2H3. The summed E-state index contributed by atoms with van der Waals surface area (Å²) in [5.41, 5.74) is 0.592. The molecule has 2 saturated heterocycles. The van der Waals surface area contributed by atoms with Crippen LogP contribution in [0.4, 0.5) is 4.79 Å². The number of methoxy groups -OCH3 is 1. The molecule has 0 N–H and O–H groups in total. The molecule has 0 radical (unpaired) electrons.